The minimum Gasteiger partial charge on any atom is -0.346 e. The number of amides is 1. The van der Waals surface area contributed by atoms with E-state index in [0.717, 1.165) is 11.3 Å². The Labute approximate surface area is 157 Å². The van der Waals surface area contributed by atoms with Crippen LogP contribution in [0.4, 0.5) is 11.5 Å². The number of halogens is 1. The molecule has 0 atom stereocenters. The van der Waals surface area contributed by atoms with Crippen LogP contribution >= 0.6 is 11.6 Å². The third-order valence-electron chi connectivity index (χ3n) is 3.95. The van der Waals surface area contributed by atoms with Gasteiger partial charge in [0.1, 0.15) is 0 Å². The van der Waals surface area contributed by atoms with Crippen molar-refractivity contribution in [3.05, 3.63) is 70.4 Å². The molecule has 3 rings (SSSR count). The number of anilines is 2. The Hall–Kier alpha value is -2.86. The van der Waals surface area contributed by atoms with Crippen LogP contribution in [0.25, 0.3) is 0 Å². The van der Waals surface area contributed by atoms with Crippen LogP contribution < -0.4 is 10.6 Å². The molecule has 0 saturated carbocycles. The van der Waals surface area contributed by atoms with Gasteiger partial charge < -0.3 is 10.6 Å². The first-order chi connectivity index (χ1) is 12.5. The number of carbonyl (C=O) groups excluding carboxylic acids is 1. The number of aromatic amines is 1. The Bertz CT molecular complexity index is 889. The van der Waals surface area contributed by atoms with E-state index in [4.69, 9.17) is 11.6 Å². The van der Waals surface area contributed by atoms with Crippen LogP contribution in [0.3, 0.4) is 0 Å². The monoisotopic (exact) mass is 369 g/mol. The van der Waals surface area contributed by atoms with Gasteiger partial charge in [-0.05, 0) is 35.2 Å². The molecule has 1 amide bonds. The van der Waals surface area contributed by atoms with E-state index in [1.807, 2.05) is 24.3 Å². The van der Waals surface area contributed by atoms with E-state index < -0.39 is 0 Å². The fourth-order valence-electron chi connectivity index (χ4n) is 2.47. The summed E-state index contributed by atoms with van der Waals surface area (Å²) in [6.07, 6.45) is 0. The molecule has 0 aliphatic carbocycles. The maximum atomic E-state index is 12.4. The summed E-state index contributed by atoms with van der Waals surface area (Å²) >= 11 is 5.97. The minimum absolute atomic E-state index is 0.198. The van der Waals surface area contributed by atoms with E-state index in [9.17, 15) is 4.79 Å². The first-order valence-electron chi connectivity index (χ1n) is 8.33. The minimum atomic E-state index is -0.309. The summed E-state index contributed by atoms with van der Waals surface area (Å²) in [6.45, 7) is 4.71. The normalized spacial score (nSPS) is 10.8. The quantitative estimate of drug-likeness (QED) is 0.606. The van der Waals surface area contributed by atoms with Crippen molar-refractivity contribution in [2.45, 2.75) is 26.3 Å². The van der Waals surface area contributed by atoms with Crippen molar-refractivity contribution in [1.82, 2.24) is 20.7 Å². The molecule has 6 nitrogen and oxygen atoms in total. The molecule has 0 saturated heterocycles. The maximum absolute atomic E-state index is 12.4. The molecular formula is C19H20ClN5O. The summed E-state index contributed by atoms with van der Waals surface area (Å²) in [5.41, 5.74) is 3.22. The summed E-state index contributed by atoms with van der Waals surface area (Å²) in [5, 5.41) is 16.9. The van der Waals surface area contributed by atoms with Gasteiger partial charge in [0.2, 0.25) is 0 Å². The van der Waals surface area contributed by atoms with E-state index >= 15 is 0 Å². The molecule has 26 heavy (non-hydrogen) atoms. The van der Waals surface area contributed by atoms with Gasteiger partial charge in [0.25, 0.3) is 5.91 Å². The fraction of sp³-hybridized carbons (Fsp3) is 0.211. The molecule has 3 aromatic rings. The Kier molecular flexibility index (Phi) is 5.53. The van der Waals surface area contributed by atoms with Crippen LogP contribution in [0.15, 0.2) is 48.5 Å². The molecule has 0 fully saturated rings. The van der Waals surface area contributed by atoms with Crippen LogP contribution in [-0.2, 0) is 6.54 Å². The smallest absolute Gasteiger partial charge is 0.275 e. The number of H-pyrrole nitrogens is 1. The molecule has 0 radical (unpaired) electrons. The second-order valence-corrected chi connectivity index (χ2v) is 6.67. The number of hydrogen-bond donors (Lipinski definition) is 3. The van der Waals surface area contributed by atoms with Crippen LogP contribution in [0.5, 0.6) is 0 Å². The first kappa shape index (κ1) is 17.9. The zero-order chi connectivity index (χ0) is 18.5. The second-order valence-electron chi connectivity index (χ2n) is 6.24. The van der Waals surface area contributed by atoms with E-state index in [1.54, 1.807) is 12.1 Å². The maximum Gasteiger partial charge on any atom is 0.275 e. The average molecular weight is 370 g/mol. The van der Waals surface area contributed by atoms with E-state index in [1.165, 1.54) is 5.56 Å². The Morgan fingerprint density at radius 1 is 1.15 bits per heavy atom. The van der Waals surface area contributed by atoms with Gasteiger partial charge in [-0.2, -0.15) is 5.21 Å². The Balaban J connectivity index is 1.64. The third-order valence-corrected chi connectivity index (χ3v) is 4.18. The molecule has 7 heteroatoms. The number of benzene rings is 2. The predicted octanol–water partition coefficient (Wildman–Crippen LogP) is 4.26. The van der Waals surface area contributed by atoms with Gasteiger partial charge in [-0.25, -0.2) is 0 Å². The third kappa shape index (κ3) is 4.40. The molecule has 0 bridgehead atoms. The number of nitrogens with one attached hydrogen (secondary N) is 3. The molecular weight excluding hydrogens is 350 g/mol. The Morgan fingerprint density at radius 2 is 1.92 bits per heavy atom. The van der Waals surface area contributed by atoms with Gasteiger partial charge in [0, 0.05) is 17.3 Å². The van der Waals surface area contributed by atoms with Gasteiger partial charge >= 0.3 is 0 Å². The van der Waals surface area contributed by atoms with E-state index in [-0.39, 0.29) is 11.6 Å². The highest BCUT2D eigenvalue weighted by molar-refractivity contribution is 6.30. The van der Waals surface area contributed by atoms with Gasteiger partial charge in [0.15, 0.2) is 11.5 Å². The molecule has 2 aromatic carbocycles. The van der Waals surface area contributed by atoms with Gasteiger partial charge in [0.05, 0.1) is 0 Å². The first-order valence-corrected chi connectivity index (χ1v) is 8.71. The zero-order valence-electron chi connectivity index (χ0n) is 14.6. The van der Waals surface area contributed by atoms with Crippen molar-refractivity contribution >= 4 is 29.0 Å². The molecule has 134 valence electrons. The largest absolute Gasteiger partial charge is 0.346 e. The van der Waals surface area contributed by atoms with Gasteiger partial charge in [-0.3, -0.25) is 4.79 Å². The Morgan fingerprint density at radius 3 is 2.62 bits per heavy atom. The molecule has 0 unspecified atom stereocenters. The molecule has 3 N–H and O–H groups in total. The van der Waals surface area contributed by atoms with Crippen molar-refractivity contribution in [2.24, 2.45) is 0 Å². The van der Waals surface area contributed by atoms with E-state index in [2.05, 4.69) is 52.0 Å². The van der Waals surface area contributed by atoms with Crippen molar-refractivity contribution in [2.75, 3.05) is 5.32 Å². The number of carbonyl (C=O) groups is 1. The van der Waals surface area contributed by atoms with Crippen molar-refractivity contribution < 1.29 is 4.79 Å². The van der Waals surface area contributed by atoms with Crippen LogP contribution in [-0.4, -0.2) is 21.3 Å². The highest BCUT2D eigenvalue weighted by atomic mass is 35.5. The lowest BCUT2D eigenvalue weighted by molar-refractivity contribution is 0.0946. The van der Waals surface area contributed by atoms with Crippen LogP contribution in [0.1, 0.15) is 41.4 Å². The predicted molar refractivity (Wildman–Crippen MR) is 103 cm³/mol. The zero-order valence-corrected chi connectivity index (χ0v) is 15.3. The van der Waals surface area contributed by atoms with Crippen molar-refractivity contribution in [1.29, 1.82) is 0 Å². The van der Waals surface area contributed by atoms with Gasteiger partial charge in [-0.1, -0.05) is 55.8 Å². The van der Waals surface area contributed by atoms with Gasteiger partial charge in [-0.15, -0.1) is 10.2 Å². The molecule has 1 heterocycles. The summed E-state index contributed by atoms with van der Waals surface area (Å²) in [6, 6.07) is 15.3. The SMILES string of the molecule is CC(C)c1ccc(CNC(=O)c2n[nH]nc2Nc2cccc(Cl)c2)cc1. The number of rotatable bonds is 6. The molecule has 0 aliphatic heterocycles. The average Bonchev–Trinajstić information content (AvgIpc) is 3.08. The number of aromatic nitrogens is 3. The fourth-order valence-corrected chi connectivity index (χ4v) is 2.66. The molecule has 0 spiro atoms. The highest BCUT2D eigenvalue weighted by Gasteiger charge is 2.16. The highest BCUT2D eigenvalue weighted by Crippen LogP contribution is 2.20. The van der Waals surface area contributed by atoms with Crippen LogP contribution in [0.2, 0.25) is 5.02 Å². The second kappa shape index (κ2) is 8.01. The summed E-state index contributed by atoms with van der Waals surface area (Å²) in [5.74, 6) is 0.519. The van der Waals surface area contributed by atoms with E-state index in [0.29, 0.717) is 23.3 Å². The molecule has 1 aromatic heterocycles. The lowest BCUT2D eigenvalue weighted by Crippen LogP contribution is -2.24. The topological polar surface area (TPSA) is 82.7 Å². The lowest BCUT2D eigenvalue weighted by atomic mass is 10.0. The van der Waals surface area contributed by atoms with Crippen molar-refractivity contribution in [3.8, 4) is 0 Å². The van der Waals surface area contributed by atoms with Crippen LogP contribution in [0, 0.1) is 0 Å². The number of nitrogens with zero attached hydrogens (tertiary/aromatic N) is 2. The summed E-state index contributed by atoms with van der Waals surface area (Å²) < 4.78 is 0. The standard InChI is InChI=1S/C19H20ClN5O/c1-12(2)14-8-6-13(7-9-14)11-21-19(26)17-18(24-25-23-17)22-16-5-3-4-15(20)10-16/h3-10,12H,11H2,1-2H3,(H,21,26)(H2,22,23,24,25). The number of hydrogen-bond acceptors (Lipinski definition) is 4. The summed E-state index contributed by atoms with van der Waals surface area (Å²) in [4.78, 5) is 12.4. The lowest BCUT2D eigenvalue weighted by Gasteiger charge is -2.08. The summed E-state index contributed by atoms with van der Waals surface area (Å²) in [7, 11) is 0. The molecule has 0 aliphatic rings. The van der Waals surface area contributed by atoms with Crippen molar-refractivity contribution in [3.63, 3.8) is 0 Å².